The van der Waals surface area contributed by atoms with Crippen molar-refractivity contribution in [2.24, 2.45) is 7.05 Å². The molecular weight excluding hydrogens is 252 g/mol. The molecule has 0 aliphatic heterocycles. The summed E-state index contributed by atoms with van der Waals surface area (Å²) < 4.78 is 1.64. The van der Waals surface area contributed by atoms with Crippen molar-refractivity contribution in [2.45, 2.75) is 20.3 Å². The standard InChI is InChI=1S/C15H20N4O/c1-11-4-5-13(12(2)8-11)6-7-16-15(20)18-14-9-17-19(3)10-14/h4-5,8-10H,6-7H2,1-3H3,(H2,16,18,20). The molecule has 0 saturated carbocycles. The number of nitrogens with one attached hydrogen (secondary N) is 2. The minimum Gasteiger partial charge on any atom is -0.338 e. The number of amides is 2. The first-order valence-corrected chi connectivity index (χ1v) is 6.64. The Morgan fingerprint density at radius 1 is 1.35 bits per heavy atom. The first-order valence-electron chi connectivity index (χ1n) is 6.64. The van der Waals surface area contributed by atoms with Crippen LogP contribution in [0.2, 0.25) is 0 Å². The first-order chi connectivity index (χ1) is 9.54. The largest absolute Gasteiger partial charge is 0.338 e. The zero-order valence-electron chi connectivity index (χ0n) is 12.1. The van der Waals surface area contributed by atoms with Crippen LogP contribution in [0, 0.1) is 13.8 Å². The maximum absolute atomic E-state index is 11.7. The molecule has 5 nitrogen and oxygen atoms in total. The Bertz CT molecular complexity index is 604. The Kier molecular flexibility index (Phi) is 4.40. The van der Waals surface area contributed by atoms with Crippen molar-refractivity contribution in [2.75, 3.05) is 11.9 Å². The first kappa shape index (κ1) is 14.1. The lowest BCUT2D eigenvalue weighted by molar-refractivity contribution is 0.252. The molecule has 20 heavy (non-hydrogen) atoms. The van der Waals surface area contributed by atoms with Crippen LogP contribution in [0.5, 0.6) is 0 Å². The van der Waals surface area contributed by atoms with E-state index in [1.165, 1.54) is 16.7 Å². The third-order valence-corrected chi connectivity index (χ3v) is 3.14. The lowest BCUT2D eigenvalue weighted by Crippen LogP contribution is -2.30. The van der Waals surface area contributed by atoms with Crippen molar-refractivity contribution in [3.8, 4) is 0 Å². The summed E-state index contributed by atoms with van der Waals surface area (Å²) in [6.07, 6.45) is 4.19. The van der Waals surface area contributed by atoms with Gasteiger partial charge in [0, 0.05) is 19.8 Å². The smallest absolute Gasteiger partial charge is 0.319 e. The van der Waals surface area contributed by atoms with Crippen molar-refractivity contribution in [3.63, 3.8) is 0 Å². The molecule has 2 amide bonds. The number of hydrogen-bond donors (Lipinski definition) is 2. The highest BCUT2D eigenvalue weighted by Gasteiger charge is 2.04. The average molecular weight is 272 g/mol. The number of rotatable bonds is 4. The fourth-order valence-electron chi connectivity index (χ4n) is 2.10. The van der Waals surface area contributed by atoms with Crippen LogP contribution in [-0.4, -0.2) is 22.4 Å². The van der Waals surface area contributed by atoms with Crippen LogP contribution in [0.3, 0.4) is 0 Å². The van der Waals surface area contributed by atoms with Crippen molar-refractivity contribution in [1.82, 2.24) is 15.1 Å². The Balaban J connectivity index is 1.79. The molecule has 5 heteroatoms. The second-order valence-corrected chi connectivity index (χ2v) is 4.96. The summed E-state index contributed by atoms with van der Waals surface area (Å²) in [6.45, 7) is 4.78. The Morgan fingerprint density at radius 3 is 2.80 bits per heavy atom. The molecule has 0 unspecified atom stereocenters. The quantitative estimate of drug-likeness (QED) is 0.898. The highest BCUT2D eigenvalue weighted by Crippen LogP contribution is 2.10. The van der Waals surface area contributed by atoms with Crippen LogP contribution >= 0.6 is 0 Å². The molecule has 0 radical (unpaired) electrons. The van der Waals surface area contributed by atoms with E-state index in [4.69, 9.17) is 0 Å². The highest BCUT2D eigenvalue weighted by atomic mass is 16.2. The minimum absolute atomic E-state index is 0.206. The van der Waals surface area contributed by atoms with E-state index in [2.05, 4.69) is 47.8 Å². The third-order valence-electron chi connectivity index (χ3n) is 3.14. The summed E-state index contributed by atoms with van der Waals surface area (Å²) in [6, 6.07) is 6.16. The molecule has 0 fully saturated rings. The molecule has 2 aromatic rings. The molecule has 1 aromatic carbocycles. The Labute approximate surface area is 119 Å². The maximum atomic E-state index is 11.7. The molecule has 1 heterocycles. The van der Waals surface area contributed by atoms with Gasteiger partial charge in [0.15, 0.2) is 0 Å². The summed E-state index contributed by atoms with van der Waals surface area (Å²) in [5.74, 6) is 0. The fraction of sp³-hybridized carbons (Fsp3) is 0.333. The van der Waals surface area contributed by atoms with E-state index in [1.807, 2.05) is 7.05 Å². The van der Waals surface area contributed by atoms with E-state index in [1.54, 1.807) is 17.1 Å². The lowest BCUT2D eigenvalue weighted by atomic mass is 10.0. The monoisotopic (exact) mass is 272 g/mol. The number of aromatic nitrogens is 2. The van der Waals surface area contributed by atoms with Gasteiger partial charge >= 0.3 is 6.03 Å². The van der Waals surface area contributed by atoms with Gasteiger partial charge in [0.2, 0.25) is 0 Å². The molecule has 0 saturated heterocycles. The lowest BCUT2D eigenvalue weighted by Gasteiger charge is -2.08. The zero-order chi connectivity index (χ0) is 14.5. The molecule has 0 bridgehead atoms. The fourth-order valence-corrected chi connectivity index (χ4v) is 2.10. The van der Waals surface area contributed by atoms with Gasteiger partial charge in [0.05, 0.1) is 11.9 Å². The molecule has 2 N–H and O–H groups in total. The van der Waals surface area contributed by atoms with Gasteiger partial charge in [-0.2, -0.15) is 5.10 Å². The van der Waals surface area contributed by atoms with Gasteiger partial charge in [0.1, 0.15) is 0 Å². The molecule has 2 rings (SSSR count). The van der Waals surface area contributed by atoms with Gasteiger partial charge in [-0.05, 0) is 31.4 Å². The van der Waals surface area contributed by atoms with Gasteiger partial charge in [0.25, 0.3) is 0 Å². The SMILES string of the molecule is Cc1ccc(CCNC(=O)Nc2cnn(C)c2)c(C)c1. The predicted molar refractivity (Wildman–Crippen MR) is 79.8 cm³/mol. The van der Waals surface area contributed by atoms with Crippen molar-refractivity contribution in [1.29, 1.82) is 0 Å². The van der Waals surface area contributed by atoms with Crippen molar-refractivity contribution < 1.29 is 4.79 Å². The Hall–Kier alpha value is -2.30. The summed E-state index contributed by atoms with van der Waals surface area (Å²) in [4.78, 5) is 11.7. The van der Waals surface area contributed by atoms with E-state index >= 15 is 0 Å². The molecule has 0 atom stereocenters. The normalized spacial score (nSPS) is 10.3. The van der Waals surface area contributed by atoms with E-state index in [0.717, 1.165) is 6.42 Å². The number of hydrogen-bond acceptors (Lipinski definition) is 2. The summed E-state index contributed by atoms with van der Waals surface area (Å²) >= 11 is 0. The topological polar surface area (TPSA) is 59.0 Å². The van der Waals surface area contributed by atoms with Crippen LogP contribution < -0.4 is 10.6 Å². The molecule has 0 spiro atoms. The van der Waals surface area contributed by atoms with E-state index in [0.29, 0.717) is 12.2 Å². The number of benzene rings is 1. The summed E-state index contributed by atoms with van der Waals surface area (Å²) in [7, 11) is 1.81. The van der Waals surface area contributed by atoms with E-state index in [-0.39, 0.29) is 6.03 Å². The molecule has 0 aliphatic carbocycles. The van der Waals surface area contributed by atoms with Crippen LogP contribution in [-0.2, 0) is 13.5 Å². The van der Waals surface area contributed by atoms with Crippen molar-refractivity contribution >= 4 is 11.7 Å². The van der Waals surface area contributed by atoms with E-state index < -0.39 is 0 Å². The van der Waals surface area contributed by atoms with Gasteiger partial charge in [-0.15, -0.1) is 0 Å². The van der Waals surface area contributed by atoms with Gasteiger partial charge < -0.3 is 10.6 Å². The number of nitrogens with zero attached hydrogens (tertiary/aromatic N) is 2. The second kappa shape index (κ2) is 6.23. The van der Waals surface area contributed by atoms with Crippen molar-refractivity contribution in [3.05, 3.63) is 47.3 Å². The number of aryl methyl sites for hydroxylation is 3. The number of urea groups is 1. The van der Waals surface area contributed by atoms with Crippen LogP contribution in [0.15, 0.2) is 30.6 Å². The van der Waals surface area contributed by atoms with Crippen LogP contribution in [0.1, 0.15) is 16.7 Å². The second-order valence-electron chi connectivity index (χ2n) is 4.96. The van der Waals surface area contributed by atoms with E-state index in [9.17, 15) is 4.79 Å². The van der Waals surface area contributed by atoms with Gasteiger partial charge in [-0.1, -0.05) is 23.8 Å². The molecule has 0 aliphatic rings. The molecule has 1 aromatic heterocycles. The number of carbonyl (C=O) groups is 1. The molecule has 106 valence electrons. The van der Waals surface area contributed by atoms with Crippen LogP contribution in [0.4, 0.5) is 10.5 Å². The maximum Gasteiger partial charge on any atom is 0.319 e. The third kappa shape index (κ3) is 3.85. The zero-order valence-corrected chi connectivity index (χ0v) is 12.1. The number of anilines is 1. The predicted octanol–water partition coefficient (Wildman–Crippen LogP) is 2.40. The number of carbonyl (C=O) groups excluding carboxylic acids is 1. The average Bonchev–Trinajstić information content (AvgIpc) is 2.77. The van der Waals surface area contributed by atoms with Gasteiger partial charge in [-0.3, -0.25) is 4.68 Å². The summed E-state index contributed by atoms with van der Waals surface area (Å²) in [5, 5.41) is 9.57. The Morgan fingerprint density at radius 2 is 2.15 bits per heavy atom. The highest BCUT2D eigenvalue weighted by molar-refractivity contribution is 5.88. The van der Waals surface area contributed by atoms with Crippen LogP contribution in [0.25, 0.3) is 0 Å². The summed E-state index contributed by atoms with van der Waals surface area (Å²) in [5.41, 5.74) is 4.47. The minimum atomic E-state index is -0.206. The molecular formula is C15H20N4O. The van der Waals surface area contributed by atoms with Gasteiger partial charge in [-0.25, -0.2) is 4.79 Å².